The second-order valence-corrected chi connectivity index (χ2v) is 6.64. The van der Waals surface area contributed by atoms with E-state index < -0.39 is 0 Å². The van der Waals surface area contributed by atoms with E-state index >= 15 is 0 Å². The van der Waals surface area contributed by atoms with Gasteiger partial charge in [0.1, 0.15) is 11.3 Å². The van der Waals surface area contributed by atoms with Gasteiger partial charge in [0.25, 0.3) is 0 Å². The molecule has 0 aliphatic rings. The van der Waals surface area contributed by atoms with Crippen LogP contribution in [0, 0.1) is 5.92 Å². The molecule has 2 heterocycles. The zero-order valence-electron chi connectivity index (χ0n) is 14.9. The van der Waals surface area contributed by atoms with E-state index in [2.05, 4.69) is 31.1 Å². The van der Waals surface area contributed by atoms with Crippen LogP contribution < -0.4 is 0 Å². The molecule has 1 atom stereocenters. The van der Waals surface area contributed by atoms with E-state index in [0.717, 1.165) is 16.8 Å². The summed E-state index contributed by atoms with van der Waals surface area (Å²) in [6, 6.07) is 11.7. The van der Waals surface area contributed by atoms with Gasteiger partial charge in [-0.1, -0.05) is 31.2 Å². The van der Waals surface area contributed by atoms with Crippen molar-refractivity contribution in [2.45, 2.75) is 46.3 Å². The first-order chi connectivity index (χ1) is 12.1. The van der Waals surface area contributed by atoms with Gasteiger partial charge in [0.05, 0.1) is 24.9 Å². The van der Waals surface area contributed by atoms with Gasteiger partial charge in [-0.2, -0.15) is 0 Å². The maximum Gasteiger partial charge on any atom is 0.225 e. The first-order valence-corrected chi connectivity index (χ1v) is 8.66. The summed E-state index contributed by atoms with van der Waals surface area (Å²) in [6.45, 7) is 7.33. The van der Waals surface area contributed by atoms with E-state index in [1.807, 2.05) is 41.3 Å². The monoisotopic (exact) mass is 340 g/mol. The summed E-state index contributed by atoms with van der Waals surface area (Å²) in [6.07, 6.45) is 2.02. The lowest BCUT2D eigenvalue weighted by Gasteiger charge is -2.31. The van der Waals surface area contributed by atoms with Gasteiger partial charge in [0, 0.05) is 12.5 Å². The molecule has 1 amide bonds. The van der Waals surface area contributed by atoms with Crippen LogP contribution in [0.15, 0.2) is 47.1 Å². The summed E-state index contributed by atoms with van der Waals surface area (Å²) in [5.74, 6) is 1.26. The van der Waals surface area contributed by atoms with Crippen molar-refractivity contribution >= 4 is 16.9 Å². The van der Waals surface area contributed by atoms with Crippen molar-refractivity contribution in [3.63, 3.8) is 0 Å². The van der Waals surface area contributed by atoms with Gasteiger partial charge in [-0.25, -0.2) is 4.68 Å². The summed E-state index contributed by atoms with van der Waals surface area (Å²) in [5, 5.41) is 8.30. The van der Waals surface area contributed by atoms with Crippen LogP contribution in [0.1, 0.15) is 33.0 Å². The number of benzene rings is 1. The number of carbonyl (C=O) groups is 1. The van der Waals surface area contributed by atoms with Crippen molar-refractivity contribution in [2.75, 3.05) is 0 Å². The van der Waals surface area contributed by atoms with Crippen molar-refractivity contribution in [1.82, 2.24) is 19.9 Å². The molecular weight excluding hydrogens is 316 g/mol. The molecule has 0 spiro atoms. The molecule has 3 aromatic rings. The first-order valence-electron chi connectivity index (χ1n) is 8.66. The highest BCUT2D eigenvalue weighted by Crippen LogP contribution is 2.17. The van der Waals surface area contributed by atoms with Crippen molar-refractivity contribution < 1.29 is 9.21 Å². The Morgan fingerprint density at radius 3 is 2.72 bits per heavy atom. The summed E-state index contributed by atoms with van der Waals surface area (Å²) >= 11 is 0. The molecule has 0 radical (unpaired) electrons. The second kappa shape index (κ2) is 7.51. The molecule has 132 valence electrons. The standard InChI is InChI=1S/C19H24N4O2/c1-14(2)15(3)22(13-16-7-6-12-25-16)19(24)10-11-23-18-9-5-4-8-17(18)20-21-23/h4-9,12,14-15H,10-11,13H2,1-3H3. The van der Waals surface area contributed by atoms with Crippen molar-refractivity contribution in [2.24, 2.45) is 5.92 Å². The fraction of sp³-hybridized carbons (Fsp3) is 0.421. The van der Waals surface area contributed by atoms with Gasteiger partial charge < -0.3 is 9.32 Å². The molecule has 0 aliphatic heterocycles. The SMILES string of the molecule is CC(C)C(C)N(Cc1ccco1)C(=O)CCn1nnc2ccccc21. The topological polar surface area (TPSA) is 64.2 Å². The molecular formula is C19H24N4O2. The number of rotatable bonds is 7. The third-order valence-corrected chi connectivity index (χ3v) is 4.64. The maximum atomic E-state index is 12.9. The summed E-state index contributed by atoms with van der Waals surface area (Å²) < 4.78 is 7.22. The van der Waals surface area contributed by atoms with Crippen LogP contribution in [0.3, 0.4) is 0 Å². The largest absolute Gasteiger partial charge is 0.467 e. The lowest BCUT2D eigenvalue weighted by molar-refractivity contribution is -0.135. The number of nitrogens with zero attached hydrogens (tertiary/aromatic N) is 4. The summed E-state index contributed by atoms with van der Waals surface area (Å²) in [4.78, 5) is 14.8. The Labute approximate surface area is 147 Å². The van der Waals surface area contributed by atoms with Crippen molar-refractivity contribution in [1.29, 1.82) is 0 Å². The molecule has 0 N–H and O–H groups in total. The molecule has 3 rings (SSSR count). The zero-order chi connectivity index (χ0) is 17.8. The minimum atomic E-state index is 0.0946. The number of fused-ring (bicyclic) bond motifs is 1. The number of para-hydroxylation sites is 1. The third kappa shape index (κ3) is 3.90. The van der Waals surface area contributed by atoms with E-state index in [4.69, 9.17) is 4.42 Å². The molecule has 0 saturated heterocycles. The van der Waals surface area contributed by atoms with Gasteiger partial charge in [0.2, 0.25) is 5.91 Å². The van der Waals surface area contributed by atoms with Gasteiger partial charge in [-0.05, 0) is 37.1 Å². The number of aromatic nitrogens is 3. The average Bonchev–Trinajstić information content (AvgIpc) is 3.26. The predicted molar refractivity (Wildman–Crippen MR) is 95.7 cm³/mol. The van der Waals surface area contributed by atoms with Crippen LogP contribution in [0.25, 0.3) is 11.0 Å². The third-order valence-electron chi connectivity index (χ3n) is 4.64. The predicted octanol–water partition coefficient (Wildman–Crippen LogP) is 3.49. The number of hydrogen-bond donors (Lipinski definition) is 0. The minimum Gasteiger partial charge on any atom is -0.467 e. The Hall–Kier alpha value is -2.63. The quantitative estimate of drug-likeness (QED) is 0.660. The van der Waals surface area contributed by atoms with Crippen LogP contribution in [-0.4, -0.2) is 31.8 Å². The highest BCUT2D eigenvalue weighted by Gasteiger charge is 2.23. The second-order valence-electron chi connectivity index (χ2n) is 6.64. The molecule has 6 nitrogen and oxygen atoms in total. The van der Waals surface area contributed by atoms with Crippen LogP contribution >= 0.6 is 0 Å². The number of aryl methyl sites for hydroxylation is 1. The molecule has 6 heteroatoms. The normalized spacial score (nSPS) is 12.6. The lowest BCUT2D eigenvalue weighted by Crippen LogP contribution is -2.41. The average molecular weight is 340 g/mol. The molecule has 0 fully saturated rings. The van der Waals surface area contributed by atoms with Crippen LogP contribution in [0.2, 0.25) is 0 Å². The van der Waals surface area contributed by atoms with Crippen molar-refractivity contribution in [3.8, 4) is 0 Å². The van der Waals surface area contributed by atoms with Gasteiger partial charge in [0.15, 0.2) is 0 Å². The van der Waals surface area contributed by atoms with Gasteiger partial charge in [-0.3, -0.25) is 4.79 Å². The Bertz CT molecular complexity index is 823. The summed E-state index contributed by atoms with van der Waals surface area (Å²) in [5.41, 5.74) is 1.79. The van der Waals surface area contributed by atoms with Crippen LogP contribution in [-0.2, 0) is 17.9 Å². The van der Waals surface area contributed by atoms with Crippen LogP contribution in [0.5, 0.6) is 0 Å². The highest BCUT2D eigenvalue weighted by atomic mass is 16.3. The lowest BCUT2D eigenvalue weighted by atomic mass is 10.0. The Balaban J connectivity index is 1.71. The Morgan fingerprint density at radius 1 is 1.20 bits per heavy atom. The highest BCUT2D eigenvalue weighted by molar-refractivity contribution is 5.77. The molecule has 1 unspecified atom stereocenters. The van der Waals surface area contributed by atoms with E-state index in [-0.39, 0.29) is 11.9 Å². The van der Waals surface area contributed by atoms with Gasteiger partial charge >= 0.3 is 0 Å². The molecule has 0 bridgehead atoms. The van der Waals surface area contributed by atoms with E-state index in [1.165, 1.54) is 0 Å². The van der Waals surface area contributed by atoms with Gasteiger partial charge in [-0.15, -0.1) is 5.10 Å². The number of carbonyl (C=O) groups excluding carboxylic acids is 1. The molecule has 1 aromatic carbocycles. The summed E-state index contributed by atoms with van der Waals surface area (Å²) in [7, 11) is 0. The number of furan rings is 1. The Morgan fingerprint density at radius 2 is 2.00 bits per heavy atom. The van der Waals surface area contributed by atoms with Crippen molar-refractivity contribution in [3.05, 3.63) is 48.4 Å². The van der Waals surface area contributed by atoms with E-state index in [9.17, 15) is 4.79 Å². The molecule has 0 aliphatic carbocycles. The number of amides is 1. The fourth-order valence-corrected chi connectivity index (χ4v) is 2.82. The fourth-order valence-electron chi connectivity index (χ4n) is 2.82. The zero-order valence-corrected chi connectivity index (χ0v) is 14.9. The molecule has 2 aromatic heterocycles. The van der Waals surface area contributed by atoms with E-state index in [0.29, 0.717) is 25.4 Å². The van der Waals surface area contributed by atoms with E-state index in [1.54, 1.807) is 10.9 Å². The maximum absolute atomic E-state index is 12.9. The number of hydrogen-bond acceptors (Lipinski definition) is 4. The molecule has 0 saturated carbocycles. The Kier molecular flexibility index (Phi) is 5.16. The first kappa shape index (κ1) is 17.2. The minimum absolute atomic E-state index is 0.0946. The molecule has 25 heavy (non-hydrogen) atoms. The smallest absolute Gasteiger partial charge is 0.225 e. The van der Waals surface area contributed by atoms with Crippen LogP contribution in [0.4, 0.5) is 0 Å².